The van der Waals surface area contributed by atoms with E-state index in [0.717, 1.165) is 21.5 Å². The maximum Gasteiger partial charge on any atom is 0.321 e. The van der Waals surface area contributed by atoms with Crippen LogP contribution in [0.5, 0.6) is 0 Å². The van der Waals surface area contributed by atoms with Crippen LogP contribution in [-0.4, -0.2) is 23.8 Å². The number of carbonyl (C=O) groups excluding carboxylic acids is 1. The van der Waals surface area contributed by atoms with Crippen LogP contribution in [0.15, 0.2) is 53.4 Å². The highest BCUT2D eigenvalue weighted by atomic mass is 32.2. The number of urea groups is 1. The number of fused-ring (bicyclic) bond motifs is 1. The highest BCUT2D eigenvalue weighted by Crippen LogP contribution is 2.32. The van der Waals surface area contributed by atoms with Crippen LogP contribution in [0.1, 0.15) is 5.56 Å². The second-order valence-electron chi connectivity index (χ2n) is 4.94. The number of benzene rings is 2. The van der Waals surface area contributed by atoms with E-state index < -0.39 is 0 Å². The van der Waals surface area contributed by atoms with Crippen molar-refractivity contribution in [2.45, 2.75) is 11.3 Å². The summed E-state index contributed by atoms with van der Waals surface area (Å²) in [7, 11) is 0. The van der Waals surface area contributed by atoms with Crippen molar-refractivity contribution in [1.82, 2.24) is 10.3 Å². The van der Waals surface area contributed by atoms with Crippen molar-refractivity contribution in [2.75, 3.05) is 18.1 Å². The number of para-hydroxylation sites is 1. The number of nitrogens with zero attached hydrogens (tertiary/aromatic N) is 1. The lowest BCUT2D eigenvalue weighted by Crippen LogP contribution is -2.30. The molecule has 6 heteroatoms. The molecule has 2 N–H and O–H groups in total. The minimum Gasteiger partial charge on any atom is -0.337 e. The second-order valence-corrected chi connectivity index (χ2v) is 6.82. The van der Waals surface area contributed by atoms with Crippen LogP contribution in [0.3, 0.4) is 0 Å². The zero-order chi connectivity index (χ0) is 16.1. The molecule has 2 amide bonds. The zero-order valence-electron chi connectivity index (χ0n) is 12.7. The topological polar surface area (TPSA) is 54.0 Å². The number of rotatable bonds is 5. The molecule has 1 aromatic heterocycles. The Hall–Kier alpha value is -2.05. The van der Waals surface area contributed by atoms with Gasteiger partial charge < -0.3 is 5.32 Å². The third-order valence-corrected chi connectivity index (χ3v) is 5.07. The average Bonchev–Trinajstić information content (AvgIpc) is 2.98. The summed E-state index contributed by atoms with van der Waals surface area (Å²) >= 11 is 3.15. The number of nitrogens with one attached hydrogen (secondary N) is 2. The Labute approximate surface area is 143 Å². The van der Waals surface area contributed by atoms with Gasteiger partial charge >= 0.3 is 6.03 Å². The third kappa shape index (κ3) is 4.03. The van der Waals surface area contributed by atoms with Gasteiger partial charge in [0.05, 0.1) is 10.2 Å². The Kier molecular flexibility index (Phi) is 5.15. The van der Waals surface area contributed by atoms with Gasteiger partial charge in [-0.15, -0.1) is 11.8 Å². The van der Waals surface area contributed by atoms with Crippen LogP contribution in [0.4, 0.5) is 9.93 Å². The summed E-state index contributed by atoms with van der Waals surface area (Å²) in [4.78, 5) is 17.6. The van der Waals surface area contributed by atoms with Crippen molar-refractivity contribution in [1.29, 1.82) is 0 Å². The summed E-state index contributed by atoms with van der Waals surface area (Å²) in [6.07, 6.45) is 2.84. The first-order chi connectivity index (χ1) is 11.3. The quantitative estimate of drug-likeness (QED) is 0.676. The van der Waals surface area contributed by atoms with E-state index in [2.05, 4.69) is 27.8 Å². The SMILES string of the molecule is CSc1cccc2sc(NC(=O)NCCc3ccccc3)nc12. The molecule has 0 aliphatic heterocycles. The molecule has 0 aliphatic rings. The summed E-state index contributed by atoms with van der Waals surface area (Å²) in [5.41, 5.74) is 2.15. The van der Waals surface area contributed by atoms with E-state index in [1.54, 1.807) is 11.8 Å². The molecule has 0 atom stereocenters. The van der Waals surface area contributed by atoms with Gasteiger partial charge in [-0.25, -0.2) is 9.78 Å². The zero-order valence-corrected chi connectivity index (χ0v) is 14.3. The molecule has 0 aliphatic carbocycles. The fraction of sp³-hybridized carbons (Fsp3) is 0.176. The second kappa shape index (κ2) is 7.48. The number of thioether (sulfide) groups is 1. The van der Waals surface area contributed by atoms with Gasteiger partial charge in [-0.1, -0.05) is 47.7 Å². The lowest BCUT2D eigenvalue weighted by Gasteiger charge is -2.05. The molecule has 0 saturated heterocycles. The Bertz CT molecular complexity index is 802. The molecule has 0 unspecified atom stereocenters. The predicted molar refractivity (Wildman–Crippen MR) is 98.6 cm³/mol. The molecule has 0 fully saturated rings. The van der Waals surface area contributed by atoms with Crippen molar-refractivity contribution >= 4 is 44.5 Å². The van der Waals surface area contributed by atoms with Crippen LogP contribution in [0.25, 0.3) is 10.2 Å². The minimum absolute atomic E-state index is 0.217. The maximum absolute atomic E-state index is 12.0. The molecular weight excluding hydrogens is 326 g/mol. The molecule has 0 spiro atoms. The third-order valence-electron chi connectivity index (χ3n) is 3.36. The summed E-state index contributed by atoms with van der Waals surface area (Å²) in [6.45, 7) is 0.594. The van der Waals surface area contributed by atoms with Crippen LogP contribution >= 0.6 is 23.1 Å². The van der Waals surface area contributed by atoms with E-state index in [4.69, 9.17) is 0 Å². The largest absolute Gasteiger partial charge is 0.337 e. The van der Waals surface area contributed by atoms with Crippen LogP contribution in [0.2, 0.25) is 0 Å². The highest BCUT2D eigenvalue weighted by molar-refractivity contribution is 7.98. The standard InChI is InChI=1S/C17H17N3OS2/c1-22-13-8-5-9-14-15(13)19-17(23-14)20-16(21)18-11-10-12-6-3-2-4-7-12/h2-9H,10-11H2,1H3,(H2,18,19,20,21). The van der Waals surface area contributed by atoms with E-state index in [0.29, 0.717) is 11.7 Å². The highest BCUT2D eigenvalue weighted by Gasteiger charge is 2.09. The molecule has 2 aromatic carbocycles. The van der Waals surface area contributed by atoms with Gasteiger partial charge in [-0.2, -0.15) is 0 Å². The van der Waals surface area contributed by atoms with Gasteiger partial charge in [0.2, 0.25) is 0 Å². The number of amides is 2. The number of aromatic nitrogens is 1. The van der Waals surface area contributed by atoms with Crippen molar-refractivity contribution in [3.63, 3.8) is 0 Å². The van der Waals surface area contributed by atoms with Crippen molar-refractivity contribution in [2.24, 2.45) is 0 Å². The molecule has 0 saturated carbocycles. The first-order valence-corrected chi connectivity index (χ1v) is 9.33. The smallest absolute Gasteiger partial charge is 0.321 e. The molecule has 23 heavy (non-hydrogen) atoms. The first-order valence-electron chi connectivity index (χ1n) is 7.28. The van der Waals surface area contributed by atoms with Gasteiger partial charge in [0.15, 0.2) is 5.13 Å². The van der Waals surface area contributed by atoms with Crippen LogP contribution in [-0.2, 0) is 6.42 Å². The predicted octanol–water partition coefficient (Wildman–Crippen LogP) is 4.38. The van der Waals surface area contributed by atoms with Crippen molar-refractivity contribution in [3.05, 3.63) is 54.1 Å². The van der Waals surface area contributed by atoms with Gasteiger partial charge in [0.1, 0.15) is 0 Å². The van der Waals surface area contributed by atoms with Gasteiger partial charge in [-0.3, -0.25) is 5.32 Å². The van der Waals surface area contributed by atoms with Crippen molar-refractivity contribution in [3.8, 4) is 0 Å². The van der Waals surface area contributed by atoms with E-state index in [9.17, 15) is 4.79 Å². The number of hydrogen-bond donors (Lipinski definition) is 2. The van der Waals surface area contributed by atoms with E-state index in [1.807, 2.05) is 42.7 Å². The Morgan fingerprint density at radius 1 is 1.17 bits per heavy atom. The van der Waals surface area contributed by atoms with E-state index in [1.165, 1.54) is 16.9 Å². The molecule has 3 rings (SSSR count). The summed E-state index contributed by atoms with van der Waals surface area (Å²) in [6, 6.07) is 15.9. The lowest BCUT2D eigenvalue weighted by atomic mass is 10.1. The molecular formula is C17H17N3OS2. The Morgan fingerprint density at radius 3 is 2.78 bits per heavy atom. The van der Waals surface area contributed by atoms with E-state index >= 15 is 0 Å². The molecule has 118 valence electrons. The number of thiazole rings is 1. The number of anilines is 1. The molecule has 1 heterocycles. The van der Waals surface area contributed by atoms with Gasteiger partial charge in [0.25, 0.3) is 0 Å². The molecule has 3 aromatic rings. The Balaban J connectivity index is 1.57. The minimum atomic E-state index is -0.217. The van der Waals surface area contributed by atoms with Crippen molar-refractivity contribution < 1.29 is 4.79 Å². The summed E-state index contributed by atoms with van der Waals surface area (Å²) < 4.78 is 1.08. The van der Waals surface area contributed by atoms with E-state index in [-0.39, 0.29) is 6.03 Å². The summed E-state index contributed by atoms with van der Waals surface area (Å²) in [5, 5.41) is 6.30. The average molecular weight is 343 g/mol. The van der Waals surface area contributed by atoms with Gasteiger partial charge in [0, 0.05) is 11.4 Å². The Morgan fingerprint density at radius 2 is 2.00 bits per heavy atom. The van der Waals surface area contributed by atoms with Crippen LogP contribution < -0.4 is 10.6 Å². The fourth-order valence-electron chi connectivity index (χ4n) is 2.25. The number of hydrogen-bond acceptors (Lipinski definition) is 4. The lowest BCUT2D eigenvalue weighted by molar-refractivity contribution is 0.252. The molecule has 4 nitrogen and oxygen atoms in total. The monoisotopic (exact) mass is 343 g/mol. The maximum atomic E-state index is 12.0. The number of carbonyl (C=O) groups is 1. The summed E-state index contributed by atoms with van der Waals surface area (Å²) in [5.74, 6) is 0. The normalized spacial score (nSPS) is 10.7. The molecule has 0 radical (unpaired) electrons. The molecule has 0 bridgehead atoms. The fourth-order valence-corrected chi connectivity index (χ4v) is 3.76. The van der Waals surface area contributed by atoms with Gasteiger partial charge in [-0.05, 0) is 30.4 Å². The van der Waals surface area contributed by atoms with Crippen LogP contribution in [0, 0.1) is 0 Å². The first kappa shape index (κ1) is 15.8.